The van der Waals surface area contributed by atoms with Crippen molar-refractivity contribution in [1.29, 1.82) is 0 Å². The van der Waals surface area contributed by atoms with E-state index in [1.807, 2.05) is 12.3 Å². The van der Waals surface area contributed by atoms with Crippen LogP contribution in [0.2, 0.25) is 0 Å². The van der Waals surface area contributed by atoms with Gasteiger partial charge in [0, 0.05) is 31.4 Å². The molecule has 1 atom stereocenters. The number of H-pyrrole nitrogens is 1. The molecule has 16 heavy (non-hydrogen) atoms. The number of nitrogens with zero attached hydrogens (tertiary/aromatic N) is 1. The summed E-state index contributed by atoms with van der Waals surface area (Å²) in [4.78, 5) is 7.29. The summed E-state index contributed by atoms with van der Waals surface area (Å²) < 4.78 is 0. The van der Waals surface area contributed by atoms with E-state index in [0.717, 1.165) is 18.8 Å². The molecule has 2 aromatic rings. The van der Waals surface area contributed by atoms with Gasteiger partial charge in [0.05, 0.1) is 0 Å². The van der Waals surface area contributed by atoms with Gasteiger partial charge in [-0.05, 0) is 12.5 Å². The van der Waals surface area contributed by atoms with Gasteiger partial charge >= 0.3 is 0 Å². The van der Waals surface area contributed by atoms with Gasteiger partial charge in [-0.25, -0.2) is 4.98 Å². The van der Waals surface area contributed by atoms with Gasteiger partial charge in [0.1, 0.15) is 5.82 Å². The van der Waals surface area contributed by atoms with Gasteiger partial charge in [-0.15, -0.1) is 0 Å². The zero-order valence-electron chi connectivity index (χ0n) is 9.48. The first-order valence-corrected chi connectivity index (χ1v) is 5.63. The predicted molar refractivity (Wildman–Crippen MR) is 65.2 cm³/mol. The average molecular weight is 215 g/mol. The highest BCUT2D eigenvalue weighted by Crippen LogP contribution is 2.10. The topological polar surface area (TPSA) is 40.7 Å². The molecular formula is C13H17N3. The van der Waals surface area contributed by atoms with Gasteiger partial charge in [0.25, 0.3) is 0 Å². The van der Waals surface area contributed by atoms with E-state index in [-0.39, 0.29) is 0 Å². The zero-order valence-corrected chi connectivity index (χ0v) is 9.48. The van der Waals surface area contributed by atoms with E-state index >= 15 is 0 Å². The summed E-state index contributed by atoms with van der Waals surface area (Å²) in [5, 5.41) is 3.48. The van der Waals surface area contributed by atoms with Crippen molar-refractivity contribution in [1.82, 2.24) is 15.3 Å². The lowest BCUT2D eigenvalue weighted by molar-refractivity contribution is 0.571. The number of hydrogen-bond acceptors (Lipinski definition) is 2. The first kappa shape index (κ1) is 10.9. The van der Waals surface area contributed by atoms with Gasteiger partial charge in [0.2, 0.25) is 0 Å². The maximum atomic E-state index is 4.19. The zero-order chi connectivity index (χ0) is 11.2. The minimum Gasteiger partial charge on any atom is -0.349 e. The summed E-state index contributed by atoms with van der Waals surface area (Å²) in [5.74, 6) is 1.03. The van der Waals surface area contributed by atoms with Crippen LogP contribution in [0.1, 0.15) is 24.4 Å². The minimum absolute atomic E-state index is 0.385. The van der Waals surface area contributed by atoms with Gasteiger partial charge in [-0.2, -0.15) is 0 Å². The Labute approximate surface area is 95.9 Å². The third-order valence-electron chi connectivity index (χ3n) is 2.67. The van der Waals surface area contributed by atoms with Crippen molar-refractivity contribution in [2.45, 2.75) is 19.4 Å². The molecule has 2 N–H and O–H groups in total. The Morgan fingerprint density at radius 3 is 2.81 bits per heavy atom. The third-order valence-corrected chi connectivity index (χ3v) is 2.67. The average Bonchev–Trinajstić information content (AvgIpc) is 2.83. The summed E-state index contributed by atoms with van der Waals surface area (Å²) in [6.45, 7) is 3.11. The molecule has 0 amide bonds. The molecule has 0 saturated heterocycles. The first-order valence-electron chi connectivity index (χ1n) is 5.63. The molecule has 0 aliphatic rings. The van der Waals surface area contributed by atoms with Crippen molar-refractivity contribution >= 4 is 0 Å². The van der Waals surface area contributed by atoms with Crippen LogP contribution in [0, 0.1) is 0 Å². The van der Waals surface area contributed by atoms with Crippen molar-refractivity contribution < 1.29 is 0 Å². The number of benzene rings is 1. The highest BCUT2D eigenvalue weighted by Gasteiger charge is 2.03. The molecule has 0 spiro atoms. The van der Waals surface area contributed by atoms with Gasteiger partial charge < -0.3 is 10.3 Å². The molecule has 1 heterocycles. The van der Waals surface area contributed by atoms with Crippen LogP contribution < -0.4 is 5.32 Å². The molecule has 1 unspecified atom stereocenters. The quantitative estimate of drug-likeness (QED) is 0.803. The highest BCUT2D eigenvalue weighted by molar-refractivity contribution is 5.17. The molecule has 84 valence electrons. The molecule has 0 radical (unpaired) electrons. The number of aromatic amines is 1. The molecule has 0 fully saturated rings. The second kappa shape index (κ2) is 5.47. The minimum atomic E-state index is 0.385. The Bertz CT molecular complexity index is 394. The summed E-state index contributed by atoms with van der Waals surface area (Å²) in [5.41, 5.74) is 1.32. The van der Waals surface area contributed by atoms with Crippen LogP contribution in [0.15, 0.2) is 42.7 Å². The molecule has 1 aromatic heterocycles. The molecule has 2 rings (SSSR count). The van der Waals surface area contributed by atoms with E-state index in [4.69, 9.17) is 0 Å². The van der Waals surface area contributed by atoms with Crippen LogP contribution in [0.4, 0.5) is 0 Å². The molecule has 0 bridgehead atoms. The lowest BCUT2D eigenvalue weighted by Gasteiger charge is -2.13. The van der Waals surface area contributed by atoms with Crippen molar-refractivity contribution in [3.63, 3.8) is 0 Å². The van der Waals surface area contributed by atoms with Crippen LogP contribution in [-0.4, -0.2) is 16.5 Å². The first-order chi connectivity index (χ1) is 7.86. The molecular weight excluding hydrogens is 198 g/mol. The molecule has 0 aliphatic carbocycles. The molecule has 0 aliphatic heterocycles. The Kier molecular flexibility index (Phi) is 3.72. The monoisotopic (exact) mass is 215 g/mol. The van der Waals surface area contributed by atoms with E-state index in [1.165, 1.54) is 5.56 Å². The van der Waals surface area contributed by atoms with Crippen LogP contribution in [0.3, 0.4) is 0 Å². The second-order valence-corrected chi connectivity index (χ2v) is 3.87. The van der Waals surface area contributed by atoms with Crippen LogP contribution in [-0.2, 0) is 6.42 Å². The van der Waals surface area contributed by atoms with Crippen molar-refractivity contribution in [3.05, 3.63) is 54.1 Å². The fourth-order valence-electron chi connectivity index (χ4n) is 1.70. The number of rotatable bonds is 5. The number of nitrogens with one attached hydrogen (secondary N) is 2. The van der Waals surface area contributed by atoms with Gasteiger partial charge in [-0.3, -0.25) is 0 Å². The fourth-order valence-corrected chi connectivity index (χ4v) is 1.70. The number of aromatic nitrogens is 2. The maximum absolute atomic E-state index is 4.19. The largest absolute Gasteiger partial charge is 0.349 e. The van der Waals surface area contributed by atoms with Crippen molar-refractivity contribution in [2.75, 3.05) is 6.54 Å². The van der Waals surface area contributed by atoms with Gasteiger partial charge in [-0.1, -0.05) is 30.3 Å². The van der Waals surface area contributed by atoms with Crippen molar-refractivity contribution in [3.8, 4) is 0 Å². The van der Waals surface area contributed by atoms with E-state index in [0.29, 0.717) is 6.04 Å². The highest BCUT2D eigenvalue weighted by atomic mass is 14.9. The smallest absolute Gasteiger partial charge is 0.107 e. The molecule has 0 saturated carbocycles. The Morgan fingerprint density at radius 2 is 2.12 bits per heavy atom. The molecule has 3 nitrogen and oxygen atoms in total. The lowest BCUT2D eigenvalue weighted by Crippen LogP contribution is -2.21. The SMILES string of the molecule is CC(NCCc1ncc[nH]1)c1ccccc1. The van der Waals surface area contributed by atoms with E-state index < -0.39 is 0 Å². The number of imidazole rings is 1. The van der Waals surface area contributed by atoms with Crippen LogP contribution in [0.5, 0.6) is 0 Å². The van der Waals surface area contributed by atoms with Crippen molar-refractivity contribution in [2.24, 2.45) is 0 Å². The van der Waals surface area contributed by atoms with Crippen LogP contribution in [0.25, 0.3) is 0 Å². The Morgan fingerprint density at radius 1 is 1.31 bits per heavy atom. The normalized spacial score (nSPS) is 12.6. The standard InChI is InChI=1S/C13H17N3/c1-11(12-5-3-2-4-6-12)14-8-7-13-15-9-10-16-13/h2-6,9-11,14H,7-8H2,1H3,(H,15,16). The summed E-state index contributed by atoms with van der Waals surface area (Å²) >= 11 is 0. The fraction of sp³-hybridized carbons (Fsp3) is 0.308. The Balaban J connectivity index is 1.78. The van der Waals surface area contributed by atoms with Crippen LogP contribution >= 0.6 is 0 Å². The Hall–Kier alpha value is -1.61. The second-order valence-electron chi connectivity index (χ2n) is 3.87. The van der Waals surface area contributed by atoms with E-state index in [1.54, 1.807) is 6.20 Å². The van der Waals surface area contributed by atoms with E-state index in [2.05, 4.69) is 46.5 Å². The maximum Gasteiger partial charge on any atom is 0.107 e. The van der Waals surface area contributed by atoms with Gasteiger partial charge in [0.15, 0.2) is 0 Å². The molecule has 3 heteroatoms. The van der Waals surface area contributed by atoms with E-state index in [9.17, 15) is 0 Å². The summed E-state index contributed by atoms with van der Waals surface area (Å²) in [6.07, 6.45) is 4.58. The summed E-state index contributed by atoms with van der Waals surface area (Å²) in [6, 6.07) is 10.9. The number of hydrogen-bond donors (Lipinski definition) is 2. The third kappa shape index (κ3) is 2.94. The lowest BCUT2D eigenvalue weighted by atomic mass is 10.1. The predicted octanol–water partition coefficient (Wildman–Crippen LogP) is 2.30. The molecule has 1 aromatic carbocycles. The summed E-state index contributed by atoms with van der Waals surface area (Å²) in [7, 11) is 0.